The highest BCUT2D eigenvalue weighted by molar-refractivity contribution is 7.99. The number of aromatic nitrogens is 2. The Bertz CT molecular complexity index is 912. The van der Waals surface area contributed by atoms with Gasteiger partial charge in [-0.15, -0.1) is 16.8 Å². The first-order valence-electron chi connectivity index (χ1n) is 8.29. The number of benzene rings is 2. The second-order valence-corrected chi connectivity index (χ2v) is 6.42. The quantitative estimate of drug-likeness (QED) is 0.433. The Hall–Kier alpha value is -3.06. The molecule has 0 N–H and O–H groups in total. The highest BCUT2D eigenvalue weighted by Crippen LogP contribution is 2.30. The number of para-hydroxylation sites is 2. The monoisotopic (exact) mass is 381 g/mol. The van der Waals surface area contributed by atoms with Crippen molar-refractivity contribution in [2.75, 3.05) is 24.3 Å². The molecule has 7 heteroatoms. The summed E-state index contributed by atoms with van der Waals surface area (Å²) in [6, 6.07) is 16.9. The van der Waals surface area contributed by atoms with Gasteiger partial charge in [0.15, 0.2) is 0 Å². The van der Waals surface area contributed by atoms with Gasteiger partial charge in [0.25, 0.3) is 11.1 Å². The average Bonchev–Trinajstić information content (AvgIpc) is 3.19. The average molecular weight is 381 g/mol. The van der Waals surface area contributed by atoms with Crippen LogP contribution in [-0.2, 0) is 4.79 Å². The molecule has 0 spiro atoms. The van der Waals surface area contributed by atoms with Crippen molar-refractivity contribution in [3.05, 3.63) is 67.3 Å². The normalized spacial score (nSPS) is 10.4. The van der Waals surface area contributed by atoms with Crippen LogP contribution in [0.5, 0.6) is 5.75 Å². The second-order valence-electron chi connectivity index (χ2n) is 5.49. The van der Waals surface area contributed by atoms with Gasteiger partial charge in [-0.1, -0.05) is 48.2 Å². The predicted molar refractivity (Wildman–Crippen MR) is 106 cm³/mol. The SMILES string of the molecule is C=CCN(C(=O)CSc1nnc(-c2ccccc2OC)o1)c1ccccc1. The molecule has 27 heavy (non-hydrogen) atoms. The summed E-state index contributed by atoms with van der Waals surface area (Å²) < 4.78 is 11.0. The fourth-order valence-electron chi connectivity index (χ4n) is 2.49. The molecule has 0 radical (unpaired) electrons. The van der Waals surface area contributed by atoms with E-state index in [9.17, 15) is 4.79 Å². The van der Waals surface area contributed by atoms with Gasteiger partial charge in [0.05, 0.1) is 18.4 Å². The van der Waals surface area contributed by atoms with E-state index in [0.717, 1.165) is 5.69 Å². The van der Waals surface area contributed by atoms with Crippen molar-refractivity contribution >= 4 is 23.4 Å². The lowest BCUT2D eigenvalue weighted by Gasteiger charge is -2.20. The van der Waals surface area contributed by atoms with E-state index in [1.807, 2.05) is 54.6 Å². The molecular weight excluding hydrogens is 362 g/mol. The van der Waals surface area contributed by atoms with Crippen molar-refractivity contribution in [1.82, 2.24) is 10.2 Å². The molecule has 0 aliphatic carbocycles. The first-order chi connectivity index (χ1) is 13.2. The molecule has 0 saturated carbocycles. The molecular formula is C20H19N3O3S. The van der Waals surface area contributed by atoms with Crippen LogP contribution < -0.4 is 9.64 Å². The Morgan fingerprint density at radius 1 is 1.19 bits per heavy atom. The molecule has 138 valence electrons. The number of rotatable bonds is 8. The van der Waals surface area contributed by atoms with Crippen molar-refractivity contribution in [1.29, 1.82) is 0 Å². The smallest absolute Gasteiger partial charge is 0.277 e. The molecule has 3 aromatic rings. The molecule has 6 nitrogen and oxygen atoms in total. The molecule has 3 rings (SSSR count). The number of thioether (sulfide) groups is 1. The molecule has 1 aromatic heterocycles. The third kappa shape index (κ3) is 4.57. The van der Waals surface area contributed by atoms with E-state index in [0.29, 0.717) is 29.0 Å². The van der Waals surface area contributed by atoms with E-state index in [2.05, 4.69) is 16.8 Å². The number of amides is 1. The van der Waals surface area contributed by atoms with Gasteiger partial charge in [0, 0.05) is 12.2 Å². The van der Waals surface area contributed by atoms with Gasteiger partial charge < -0.3 is 14.1 Å². The molecule has 1 amide bonds. The van der Waals surface area contributed by atoms with Crippen LogP contribution in [0.2, 0.25) is 0 Å². The summed E-state index contributed by atoms with van der Waals surface area (Å²) in [6.07, 6.45) is 1.70. The van der Waals surface area contributed by atoms with E-state index in [4.69, 9.17) is 9.15 Å². The fourth-order valence-corrected chi connectivity index (χ4v) is 3.13. The third-order valence-corrected chi connectivity index (χ3v) is 4.55. The third-order valence-electron chi connectivity index (χ3n) is 3.74. The predicted octanol–water partition coefficient (Wildman–Crippen LogP) is 4.06. The summed E-state index contributed by atoms with van der Waals surface area (Å²) in [5, 5.41) is 8.40. The first kappa shape index (κ1) is 18.7. The Balaban J connectivity index is 1.69. The van der Waals surface area contributed by atoms with Gasteiger partial charge in [0.2, 0.25) is 5.91 Å². The Morgan fingerprint density at radius 2 is 1.93 bits per heavy atom. The maximum Gasteiger partial charge on any atom is 0.277 e. The summed E-state index contributed by atoms with van der Waals surface area (Å²) in [6.45, 7) is 4.16. The van der Waals surface area contributed by atoms with Crippen molar-refractivity contribution in [2.45, 2.75) is 5.22 Å². The molecule has 0 aliphatic heterocycles. The number of anilines is 1. The summed E-state index contributed by atoms with van der Waals surface area (Å²) in [7, 11) is 1.58. The van der Waals surface area contributed by atoms with Crippen LogP contribution >= 0.6 is 11.8 Å². The number of nitrogens with zero attached hydrogens (tertiary/aromatic N) is 3. The number of ether oxygens (including phenoxy) is 1. The lowest BCUT2D eigenvalue weighted by Crippen LogP contribution is -2.32. The van der Waals surface area contributed by atoms with E-state index in [1.54, 1.807) is 18.1 Å². The summed E-state index contributed by atoms with van der Waals surface area (Å²) >= 11 is 1.20. The maximum atomic E-state index is 12.6. The lowest BCUT2D eigenvalue weighted by molar-refractivity contribution is -0.116. The summed E-state index contributed by atoms with van der Waals surface area (Å²) in [5.74, 6) is 1.11. The number of hydrogen-bond acceptors (Lipinski definition) is 6. The Kier molecular flexibility index (Phi) is 6.27. The minimum Gasteiger partial charge on any atom is -0.496 e. The zero-order valence-corrected chi connectivity index (χ0v) is 15.7. The molecule has 0 unspecified atom stereocenters. The van der Waals surface area contributed by atoms with Crippen LogP contribution in [0.1, 0.15) is 0 Å². The Morgan fingerprint density at radius 3 is 2.67 bits per heavy atom. The van der Waals surface area contributed by atoms with Crippen LogP contribution in [0, 0.1) is 0 Å². The van der Waals surface area contributed by atoms with Gasteiger partial charge in [-0.3, -0.25) is 4.79 Å². The van der Waals surface area contributed by atoms with Crippen molar-refractivity contribution < 1.29 is 13.9 Å². The second kappa shape index (κ2) is 9.05. The van der Waals surface area contributed by atoms with Gasteiger partial charge >= 0.3 is 0 Å². The zero-order chi connectivity index (χ0) is 19.1. The molecule has 1 heterocycles. The molecule has 0 aliphatic rings. The highest BCUT2D eigenvalue weighted by Gasteiger charge is 2.18. The number of methoxy groups -OCH3 is 1. The zero-order valence-electron chi connectivity index (χ0n) is 14.9. The van der Waals surface area contributed by atoms with E-state index >= 15 is 0 Å². The first-order valence-corrected chi connectivity index (χ1v) is 9.27. The topological polar surface area (TPSA) is 68.5 Å². The van der Waals surface area contributed by atoms with Crippen molar-refractivity contribution in [3.63, 3.8) is 0 Å². The van der Waals surface area contributed by atoms with E-state index in [-0.39, 0.29) is 11.7 Å². The summed E-state index contributed by atoms with van der Waals surface area (Å²) in [5.41, 5.74) is 1.53. The number of carbonyl (C=O) groups excluding carboxylic acids is 1. The van der Waals surface area contributed by atoms with Crippen LogP contribution in [0.15, 0.2) is 76.9 Å². The fraction of sp³-hybridized carbons (Fsp3) is 0.150. The largest absolute Gasteiger partial charge is 0.496 e. The minimum atomic E-state index is -0.0665. The summed E-state index contributed by atoms with van der Waals surface area (Å²) in [4.78, 5) is 14.3. The lowest BCUT2D eigenvalue weighted by atomic mass is 10.2. The van der Waals surface area contributed by atoms with Gasteiger partial charge in [0.1, 0.15) is 5.75 Å². The van der Waals surface area contributed by atoms with Crippen LogP contribution in [0.25, 0.3) is 11.5 Å². The van der Waals surface area contributed by atoms with Crippen LogP contribution in [0.3, 0.4) is 0 Å². The maximum absolute atomic E-state index is 12.6. The molecule has 0 atom stereocenters. The van der Waals surface area contributed by atoms with Gasteiger partial charge in [-0.2, -0.15) is 0 Å². The van der Waals surface area contributed by atoms with Crippen molar-refractivity contribution in [3.8, 4) is 17.2 Å². The van der Waals surface area contributed by atoms with E-state index in [1.165, 1.54) is 11.8 Å². The Labute approximate surface area is 161 Å². The number of hydrogen-bond donors (Lipinski definition) is 0. The number of carbonyl (C=O) groups is 1. The molecule has 0 saturated heterocycles. The van der Waals surface area contributed by atoms with Gasteiger partial charge in [-0.25, -0.2) is 0 Å². The van der Waals surface area contributed by atoms with E-state index < -0.39 is 0 Å². The van der Waals surface area contributed by atoms with Crippen LogP contribution in [-0.4, -0.2) is 35.5 Å². The molecule has 0 bridgehead atoms. The standard InChI is InChI=1S/C20H19N3O3S/c1-3-13-23(15-9-5-4-6-10-15)18(24)14-27-20-22-21-19(26-20)16-11-7-8-12-17(16)25-2/h3-12H,1,13-14H2,2H3. The molecule has 0 fully saturated rings. The van der Waals surface area contributed by atoms with Crippen LogP contribution in [0.4, 0.5) is 5.69 Å². The minimum absolute atomic E-state index is 0.0665. The molecule has 2 aromatic carbocycles. The highest BCUT2D eigenvalue weighted by atomic mass is 32.2. The van der Waals surface area contributed by atoms with Gasteiger partial charge in [-0.05, 0) is 24.3 Å². The van der Waals surface area contributed by atoms with Crippen molar-refractivity contribution in [2.24, 2.45) is 0 Å².